The van der Waals surface area contributed by atoms with Crippen molar-refractivity contribution in [2.24, 2.45) is 29.6 Å². The van der Waals surface area contributed by atoms with Gasteiger partial charge in [0.15, 0.2) is 0 Å². The molecule has 0 saturated heterocycles. The Hall–Kier alpha value is -0.790. The van der Waals surface area contributed by atoms with Crippen molar-refractivity contribution >= 4 is 5.97 Å². The van der Waals surface area contributed by atoms with E-state index in [-0.39, 0.29) is 5.92 Å². The summed E-state index contributed by atoms with van der Waals surface area (Å²) in [5.41, 5.74) is 0. The molecule has 2 aliphatic carbocycles. The lowest BCUT2D eigenvalue weighted by Gasteiger charge is -2.38. The highest BCUT2D eigenvalue weighted by atomic mass is 16.4. The van der Waals surface area contributed by atoms with Gasteiger partial charge in [-0.05, 0) is 62.2 Å². The molecule has 2 fully saturated rings. The molecule has 0 aromatic rings. The Morgan fingerprint density at radius 2 is 1.62 bits per heavy atom. The normalized spacial score (nSPS) is 35.1. The van der Waals surface area contributed by atoms with Gasteiger partial charge in [-0.1, -0.05) is 38.7 Å². The second-order valence-electron chi connectivity index (χ2n) is 7.34. The predicted molar refractivity (Wildman–Crippen MR) is 87.1 cm³/mol. The van der Waals surface area contributed by atoms with Gasteiger partial charge in [-0.25, -0.2) is 0 Å². The van der Waals surface area contributed by atoms with E-state index in [9.17, 15) is 9.90 Å². The minimum absolute atomic E-state index is 0.327. The Morgan fingerprint density at radius 3 is 2.05 bits per heavy atom. The lowest BCUT2D eigenvalue weighted by Crippen LogP contribution is -2.30. The lowest BCUT2D eigenvalue weighted by atomic mass is 9.67. The first kappa shape index (κ1) is 16.6. The molecular formula is C19H32O2. The Balaban J connectivity index is 1.77. The molecule has 2 aliphatic rings. The van der Waals surface area contributed by atoms with Gasteiger partial charge in [0.05, 0.1) is 5.92 Å². The maximum Gasteiger partial charge on any atom is 0.310 e. The van der Waals surface area contributed by atoms with Gasteiger partial charge < -0.3 is 5.11 Å². The second kappa shape index (κ2) is 8.00. The molecule has 2 nitrogen and oxygen atoms in total. The molecule has 0 heterocycles. The van der Waals surface area contributed by atoms with Crippen LogP contribution in [0.1, 0.15) is 71.1 Å². The van der Waals surface area contributed by atoms with Gasteiger partial charge in [0, 0.05) is 0 Å². The van der Waals surface area contributed by atoms with E-state index >= 15 is 0 Å². The highest BCUT2D eigenvalue weighted by Gasteiger charge is 2.34. The van der Waals surface area contributed by atoms with Crippen molar-refractivity contribution < 1.29 is 9.90 Å². The molecule has 120 valence electrons. The van der Waals surface area contributed by atoms with Gasteiger partial charge in [-0.2, -0.15) is 0 Å². The molecule has 2 saturated carbocycles. The molecule has 2 rings (SSSR count). The Morgan fingerprint density at radius 1 is 1.10 bits per heavy atom. The third kappa shape index (κ3) is 4.34. The van der Waals surface area contributed by atoms with Crippen LogP contribution >= 0.6 is 0 Å². The van der Waals surface area contributed by atoms with Crippen LogP contribution in [0.5, 0.6) is 0 Å². The second-order valence-corrected chi connectivity index (χ2v) is 7.34. The van der Waals surface area contributed by atoms with Crippen molar-refractivity contribution in [1.82, 2.24) is 0 Å². The molecular weight excluding hydrogens is 260 g/mol. The van der Waals surface area contributed by atoms with Gasteiger partial charge in [0.2, 0.25) is 0 Å². The maximum absolute atomic E-state index is 11.2. The van der Waals surface area contributed by atoms with Crippen LogP contribution in [-0.4, -0.2) is 11.1 Å². The lowest BCUT2D eigenvalue weighted by molar-refractivity contribution is -0.142. The van der Waals surface area contributed by atoms with Gasteiger partial charge >= 0.3 is 5.97 Å². The molecule has 0 aromatic carbocycles. The highest BCUT2D eigenvalue weighted by molar-refractivity contribution is 5.72. The van der Waals surface area contributed by atoms with E-state index in [4.69, 9.17) is 0 Å². The molecule has 1 atom stereocenters. The van der Waals surface area contributed by atoms with E-state index in [0.717, 1.165) is 30.6 Å². The van der Waals surface area contributed by atoms with E-state index in [1.807, 2.05) is 0 Å². The summed E-state index contributed by atoms with van der Waals surface area (Å²) in [5.74, 6) is 2.08. The monoisotopic (exact) mass is 292 g/mol. The van der Waals surface area contributed by atoms with Gasteiger partial charge in [-0.3, -0.25) is 4.79 Å². The van der Waals surface area contributed by atoms with Crippen LogP contribution in [0.2, 0.25) is 0 Å². The molecule has 0 spiro atoms. The summed E-state index contributed by atoms with van der Waals surface area (Å²) in [7, 11) is 0. The number of rotatable bonds is 6. The molecule has 2 heteroatoms. The Bertz CT molecular complexity index is 333. The van der Waals surface area contributed by atoms with Crippen LogP contribution in [0.4, 0.5) is 0 Å². The Kier molecular flexibility index (Phi) is 6.32. The third-order valence-corrected chi connectivity index (χ3v) is 6.12. The average Bonchev–Trinajstić information content (AvgIpc) is 2.49. The van der Waals surface area contributed by atoms with E-state index < -0.39 is 5.97 Å². The van der Waals surface area contributed by atoms with Crippen LogP contribution in [-0.2, 0) is 4.79 Å². The molecule has 0 amide bonds. The number of aliphatic carboxylic acids is 1. The fourth-order valence-electron chi connectivity index (χ4n) is 4.83. The SMILES string of the molecule is C=CC(C(=O)O)C1CCC([C@H]2CC[C@H](CCC)CC2)CC1. The summed E-state index contributed by atoms with van der Waals surface area (Å²) in [6.45, 7) is 6.01. The minimum atomic E-state index is -0.687. The first-order valence-corrected chi connectivity index (χ1v) is 9.01. The van der Waals surface area contributed by atoms with Crippen molar-refractivity contribution in [3.05, 3.63) is 12.7 Å². The third-order valence-electron chi connectivity index (χ3n) is 6.12. The molecule has 0 aliphatic heterocycles. The molecule has 0 bridgehead atoms. The highest BCUT2D eigenvalue weighted by Crippen LogP contribution is 2.43. The van der Waals surface area contributed by atoms with Crippen molar-refractivity contribution in [1.29, 1.82) is 0 Å². The topological polar surface area (TPSA) is 37.3 Å². The summed E-state index contributed by atoms with van der Waals surface area (Å²) < 4.78 is 0. The number of carboxylic acids is 1. The zero-order valence-corrected chi connectivity index (χ0v) is 13.6. The van der Waals surface area contributed by atoms with Crippen LogP contribution < -0.4 is 0 Å². The maximum atomic E-state index is 11.2. The van der Waals surface area contributed by atoms with Crippen molar-refractivity contribution in [2.45, 2.75) is 71.1 Å². The molecule has 1 N–H and O–H groups in total. The van der Waals surface area contributed by atoms with E-state index in [1.54, 1.807) is 6.08 Å². The number of hydrogen-bond donors (Lipinski definition) is 1. The van der Waals surface area contributed by atoms with Crippen LogP contribution in [0.3, 0.4) is 0 Å². The largest absolute Gasteiger partial charge is 0.481 e. The molecule has 1 unspecified atom stereocenters. The van der Waals surface area contributed by atoms with Crippen LogP contribution in [0, 0.1) is 29.6 Å². The van der Waals surface area contributed by atoms with Crippen LogP contribution in [0.15, 0.2) is 12.7 Å². The first-order valence-electron chi connectivity index (χ1n) is 9.01. The number of carboxylic acid groups (broad SMARTS) is 1. The summed E-state index contributed by atoms with van der Waals surface area (Å²) >= 11 is 0. The smallest absolute Gasteiger partial charge is 0.310 e. The standard InChI is InChI=1S/C19H32O2/c1-3-5-14-6-8-15(9-7-14)16-10-12-17(13-11-16)18(4-2)19(20)21/h4,14-18H,2-3,5-13H2,1H3,(H,20,21)/t14-,15-,16?,17?,18?. The zero-order chi connectivity index (χ0) is 15.2. The fraction of sp³-hybridized carbons (Fsp3) is 0.842. The van der Waals surface area contributed by atoms with Crippen molar-refractivity contribution in [2.75, 3.05) is 0 Å². The summed E-state index contributed by atoms with van der Waals surface area (Å²) in [5, 5.41) is 9.25. The van der Waals surface area contributed by atoms with Crippen molar-refractivity contribution in [3.63, 3.8) is 0 Å². The molecule has 0 aromatic heterocycles. The van der Waals surface area contributed by atoms with E-state index in [0.29, 0.717) is 5.92 Å². The molecule has 21 heavy (non-hydrogen) atoms. The zero-order valence-electron chi connectivity index (χ0n) is 13.6. The minimum Gasteiger partial charge on any atom is -0.481 e. The van der Waals surface area contributed by atoms with Gasteiger partial charge in [0.1, 0.15) is 0 Å². The van der Waals surface area contributed by atoms with Crippen LogP contribution in [0.25, 0.3) is 0 Å². The first-order chi connectivity index (χ1) is 10.2. The molecule has 0 radical (unpaired) electrons. The average molecular weight is 292 g/mol. The summed E-state index contributed by atoms with van der Waals surface area (Å²) in [6.07, 6.45) is 14.8. The number of carbonyl (C=O) groups is 1. The van der Waals surface area contributed by atoms with Crippen molar-refractivity contribution in [3.8, 4) is 0 Å². The number of hydrogen-bond acceptors (Lipinski definition) is 1. The van der Waals surface area contributed by atoms with E-state index in [2.05, 4.69) is 13.5 Å². The Labute approximate surface area is 130 Å². The van der Waals surface area contributed by atoms with Gasteiger partial charge in [-0.15, -0.1) is 6.58 Å². The quantitative estimate of drug-likeness (QED) is 0.676. The van der Waals surface area contributed by atoms with Gasteiger partial charge in [0.25, 0.3) is 0 Å². The van der Waals surface area contributed by atoms with E-state index in [1.165, 1.54) is 51.4 Å². The predicted octanol–water partition coefficient (Wildman–Crippen LogP) is 5.29. The summed E-state index contributed by atoms with van der Waals surface area (Å²) in [6, 6.07) is 0. The summed E-state index contributed by atoms with van der Waals surface area (Å²) in [4.78, 5) is 11.2. The fourth-order valence-corrected chi connectivity index (χ4v) is 4.83.